The van der Waals surface area contributed by atoms with Crippen molar-refractivity contribution in [1.82, 2.24) is 4.98 Å². The highest BCUT2D eigenvalue weighted by molar-refractivity contribution is 5.85. The van der Waals surface area contributed by atoms with E-state index in [-0.39, 0.29) is 11.7 Å². The Morgan fingerprint density at radius 2 is 1.68 bits per heavy atom. The molecule has 2 aliphatic rings. The molecule has 2 aromatic carbocycles. The van der Waals surface area contributed by atoms with Gasteiger partial charge in [0.05, 0.1) is 11.8 Å². The van der Waals surface area contributed by atoms with Crippen molar-refractivity contribution in [1.29, 1.82) is 0 Å². The molecule has 2 heterocycles. The average molecular weight is 332 g/mol. The predicted octanol–water partition coefficient (Wildman–Crippen LogP) is 4.58. The molecule has 3 heteroatoms. The van der Waals surface area contributed by atoms with Crippen molar-refractivity contribution in [3.05, 3.63) is 71.4 Å². The summed E-state index contributed by atoms with van der Waals surface area (Å²) < 4.78 is 6.82. The van der Waals surface area contributed by atoms with Gasteiger partial charge in [-0.25, -0.2) is 0 Å². The molecule has 1 spiro atoms. The van der Waals surface area contributed by atoms with Gasteiger partial charge >= 0.3 is 0 Å². The van der Waals surface area contributed by atoms with Crippen LogP contribution < -0.4 is 5.73 Å². The lowest BCUT2D eigenvalue weighted by atomic mass is 9.76. The van der Waals surface area contributed by atoms with Crippen LogP contribution >= 0.6 is 0 Å². The van der Waals surface area contributed by atoms with E-state index in [1.807, 2.05) is 0 Å². The summed E-state index contributed by atoms with van der Waals surface area (Å²) in [4.78, 5) is 3.70. The number of fused-ring (bicyclic) bond motifs is 4. The van der Waals surface area contributed by atoms with Gasteiger partial charge in [-0.05, 0) is 42.9 Å². The van der Waals surface area contributed by atoms with Crippen LogP contribution in [-0.2, 0) is 16.8 Å². The number of hydrogen-bond acceptors (Lipinski definition) is 2. The minimum Gasteiger partial charge on any atom is -0.360 e. The van der Waals surface area contributed by atoms with Gasteiger partial charge in [-0.1, -0.05) is 48.5 Å². The molecular formula is C22H24N2O. The van der Waals surface area contributed by atoms with Gasteiger partial charge in [0.15, 0.2) is 0 Å². The number of nitrogens with one attached hydrogen (secondary N) is 1. The highest BCUT2D eigenvalue weighted by Gasteiger charge is 2.45. The molecule has 128 valence electrons. The second-order valence-electron chi connectivity index (χ2n) is 7.58. The van der Waals surface area contributed by atoms with Crippen LogP contribution in [0.1, 0.15) is 48.6 Å². The fraction of sp³-hybridized carbons (Fsp3) is 0.364. The molecule has 5 rings (SSSR count). The Kier molecular flexibility index (Phi) is 3.47. The molecule has 1 saturated carbocycles. The zero-order chi connectivity index (χ0) is 16.9. The molecule has 0 bridgehead atoms. The molecular weight excluding hydrogens is 308 g/mol. The third kappa shape index (κ3) is 2.42. The van der Waals surface area contributed by atoms with E-state index in [0.717, 1.165) is 32.1 Å². The van der Waals surface area contributed by atoms with Gasteiger partial charge < -0.3 is 15.5 Å². The van der Waals surface area contributed by atoms with E-state index in [9.17, 15) is 0 Å². The van der Waals surface area contributed by atoms with Crippen molar-refractivity contribution in [3.63, 3.8) is 0 Å². The molecule has 0 amide bonds. The van der Waals surface area contributed by atoms with Crippen LogP contribution in [0.15, 0.2) is 54.6 Å². The number of aromatic nitrogens is 1. The number of nitrogens with two attached hydrogens (primary N) is 1. The molecule has 3 N–H and O–H groups in total. The third-order valence-corrected chi connectivity index (χ3v) is 6.04. The maximum atomic E-state index is 6.82. The molecule has 1 unspecified atom stereocenters. The molecule has 0 radical (unpaired) electrons. The quantitative estimate of drug-likeness (QED) is 0.685. The largest absolute Gasteiger partial charge is 0.360 e. The van der Waals surface area contributed by atoms with E-state index in [2.05, 4.69) is 59.6 Å². The Bertz CT molecular complexity index is 891. The molecule has 25 heavy (non-hydrogen) atoms. The molecule has 0 saturated heterocycles. The Morgan fingerprint density at radius 1 is 0.960 bits per heavy atom. The van der Waals surface area contributed by atoms with Gasteiger partial charge in [0.25, 0.3) is 0 Å². The third-order valence-electron chi connectivity index (χ3n) is 6.04. The summed E-state index contributed by atoms with van der Waals surface area (Å²) in [5.41, 5.74) is 11.2. The van der Waals surface area contributed by atoms with E-state index in [4.69, 9.17) is 10.5 Å². The number of para-hydroxylation sites is 1. The number of benzene rings is 2. The highest BCUT2D eigenvalue weighted by atomic mass is 16.5. The highest BCUT2D eigenvalue weighted by Crippen LogP contribution is 2.50. The number of H-pyrrole nitrogens is 1. The SMILES string of the molecule is NC1CCC2(CC1)OC(c1ccccc1)Cc1c2[nH]c2ccccc12. The summed E-state index contributed by atoms with van der Waals surface area (Å²) >= 11 is 0. The number of rotatable bonds is 1. The monoisotopic (exact) mass is 332 g/mol. The lowest BCUT2D eigenvalue weighted by Gasteiger charge is -2.45. The molecule has 3 aromatic rings. The number of ether oxygens (including phenoxy) is 1. The van der Waals surface area contributed by atoms with Crippen LogP contribution in [-0.4, -0.2) is 11.0 Å². The molecule has 1 aliphatic heterocycles. The van der Waals surface area contributed by atoms with Crippen molar-refractivity contribution >= 4 is 10.9 Å². The van der Waals surface area contributed by atoms with Crippen LogP contribution in [0.2, 0.25) is 0 Å². The molecule has 1 aliphatic carbocycles. The first-order chi connectivity index (χ1) is 12.3. The zero-order valence-corrected chi connectivity index (χ0v) is 14.4. The van der Waals surface area contributed by atoms with Gasteiger partial charge in [-0.2, -0.15) is 0 Å². The van der Waals surface area contributed by atoms with Crippen molar-refractivity contribution in [2.75, 3.05) is 0 Å². The summed E-state index contributed by atoms with van der Waals surface area (Å²) in [6, 6.07) is 19.6. The standard InChI is InChI=1S/C22H24N2O/c23-16-10-12-22(13-11-16)21-18(17-8-4-5-9-19(17)24-21)14-20(25-22)15-6-2-1-3-7-15/h1-9,16,20,24H,10-14,23H2. The van der Waals surface area contributed by atoms with Crippen LogP contribution in [0, 0.1) is 0 Å². The van der Waals surface area contributed by atoms with Crippen molar-refractivity contribution in [2.45, 2.75) is 49.9 Å². The Labute approximate surface area is 148 Å². The minimum atomic E-state index is -0.219. The van der Waals surface area contributed by atoms with E-state index in [0.29, 0.717) is 6.04 Å². The fourth-order valence-corrected chi connectivity index (χ4v) is 4.69. The Hall–Kier alpha value is -2.10. The maximum absolute atomic E-state index is 6.82. The van der Waals surface area contributed by atoms with E-state index >= 15 is 0 Å². The van der Waals surface area contributed by atoms with Gasteiger partial charge in [0.2, 0.25) is 0 Å². The van der Waals surface area contributed by atoms with E-state index in [1.54, 1.807) is 0 Å². The normalized spacial score (nSPS) is 29.0. The number of hydrogen-bond donors (Lipinski definition) is 2. The van der Waals surface area contributed by atoms with Gasteiger partial charge in [-0.3, -0.25) is 0 Å². The summed E-state index contributed by atoms with van der Waals surface area (Å²) in [6.45, 7) is 0. The summed E-state index contributed by atoms with van der Waals surface area (Å²) in [5, 5.41) is 1.34. The van der Waals surface area contributed by atoms with Crippen molar-refractivity contribution in [3.8, 4) is 0 Å². The van der Waals surface area contributed by atoms with Gasteiger partial charge in [-0.15, -0.1) is 0 Å². The Balaban J connectivity index is 1.66. The summed E-state index contributed by atoms with van der Waals surface area (Å²) in [7, 11) is 0. The average Bonchev–Trinajstić information content (AvgIpc) is 3.05. The van der Waals surface area contributed by atoms with Crippen LogP contribution in [0.25, 0.3) is 10.9 Å². The first-order valence-corrected chi connectivity index (χ1v) is 9.34. The molecule has 3 nitrogen and oxygen atoms in total. The first kappa shape index (κ1) is 15.2. The van der Waals surface area contributed by atoms with Crippen molar-refractivity contribution < 1.29 is 4.74 Å². The minimum absolute atomic E-state index is 0.113. The summed E-state index contributed by atoms with van der Waals surface area (Å²) in [6.07, 6.45) is 5.08. The van der Waals surface area contributed by atoms with Crippen LogP contribution in [0.5, 0.6) is 0 Å². The fourth-order valence-electron chi connectivity index (χ4n) is 4.69. The van der Waals surface area contributed by atoms with E-state index < -0.39 is 0 Å². The second-order valence-corrected chi connectivity index (χ2v) is 7.58. The lowest BCUT2D eigenvalue weighted by molar-refractivity contribution is -0.136. The van der Waals surface area contributed by atoms with Crippen LogP contribution in [0.3, 0.4) is 0 Å². The smallest absolute Gasteiger partial charge is 0.109 e. The zero-order valence-electron chi connectivity index (χ0n) is 14.4. The topological polar surface area (TPSA) is 51.0 Å². The molecule has 1 aromatic heterocycles. The number of aromatic amines is 1. The second kappa shape index (κ2) is 5.72. The summed E-state index contributed by atoms with van der Waals surface area (Å²) in [5.74, 6) is 0. The van der Waals surface area contributed by atoms with Crippen LogP contribution in [0.4, 0.5) is 0 Å². The predicted molar refractivity (Wildman–Crippen MR) is 100 cm³/mol. The molecule has 1 atom stereocenters. The van der Waals surface area contributed by atoms with E-state index in [1.165, 1.54) is 27.7 Å². The lowest BCUT2D eigenvalue weighted by Crippen LogP contribution is -2.43. The van der Waals surface area contributed by atoms with Crippen molar-refractivity contribution in [2.24, 2.45) is 5.73 Å². The Morgan fingerprint density at radius 3 is 2.48 bits per heavy atom. The van der Waals surface area contributed by atoms with Gasteiger partial charge in [0, 0.05) is 23.4 Å². The first-order valence-electron chi connectivity index (χ1n) is 9.34. The maximum Gasteiger partial charge on any atom is 0.109 e. The van der Waals surface area contributed by atoms with Gasteiger partial charge in [0.1, 0.15) is 5.60 Å². The molecule has 1 fully saturated rings.